The van der Waals surface area contributed by atoms with Crippen molar-refractivity contribution >= 4 is 22.9 Å². The Kier molecular flexibility index (Phi) is 5.14. The minimum Gasteiger partial charge on any atom is -0.321 e. The van der Waals surface area contributed by atoms with E-state index in [0.717, 1.165) is 11.3 Å². The molecule has 0 aliphatic carbocycles. The van der Waals surface area contributed by atoms with E-state index in [1.807, 2.05) is 67.6 Å². The molecule has 6 nitrogen and oxygen atoms in total. The number of benzene rings is 2. The van der Waals surface area contributed by atoms with Crippen LogP contribution in [0.5, 0.6) is 0 Å². The molecule has 0 saturated carbocycles. The monoisotopic (exact) mass is 404 g/mol. The molecule has 7 heteroatoms. The standard InChI is InChI=1S/C22H20N4O2S/c1-14-18(13-16-9-5-3-6-10-16)21(28)26(25-14)22-23-15(2)19(29-22)20(27)24-17-11-7-4-8-12-17/h3-12,25H,13H2,1-2H3,(H,24,27). The summed E-state index contributed by atoms with van der Waals surface area (Å²) < 4.78 is 1.42. The Balaban J connectivity index is 1.63. The fraction of sp³-hybridized carbons (Fsp3) is 0.136. The molecular weight excluding hydrogens is 384 g/mol. The average Bonchev–Trinajstić information content (AvgIpc) is 3.24. The van der Waals surface area contributed by atoms with Gasteiger partial charge in [-0.2, -0.15) is 4.68 Å². The molecule has 1 amide bonds. The van der Waals surface area contributed by atoms with Gasteiger partial charge in [0.15, 0.2) is 0 Å². The molecule has 2 N–H and O–H groups in total. The summed E-state index contributed by atoms with van der Waals surface area (Å²) in [6.07, 6.45) is 0.542. The van der Waals surface area contributed by atoms with Crippen LogP contribution in [-0.2, 0) is 6.42 Å². The number of amides is 1. The Labute approximate surface area is 171 Å². The van der Waals surface area contributed by atoms with Crippen molar-refractivity contribution < 1.29 is 4.79 Å². The van der Waals surface area contributed by atoms with Gasteiger partial charge < -0.3 is 5.32 Å². The molecule has 146 valence electrons. The molecule has 2 aromatic heterocycles. The molecule has 0 aliphatic rings. The van der Waals surface area contributed by atoms with Gasteiger partial charge in [0.2, 0.25) is 5.13 Å². The summed E-state index contributed by atoms with van der Waals surface area (Å²) in [4.78, 5) is 30.5. The molecule has 0 radical (unpaired) electrons. The number of rotatable bonds is 5. The molecule has 0 bridgehead atoms. The second-order valence-corrected chi connectivity index (χ2v) is 7.73. The van der Waals surface area contributed by atoms with E-state index < -0.39 is 0 Å². The van der Waals surface area contributed by atoms with Crippen LogP contribution in [0.2, 0.25) is 0 Å². The number of anilines is 1. The van der Waals surface area contributed by atoms with Crippen LogP contribution in [0, 0.1) is 13.8 Å². The Hall–Kier alpha value is -3.45. The third kappa shape index (κ3) is 3.90. The van der Waals surface area contributed by atoms with E-state index >= 15 is 0 Å². The van der Waals surface area contributed by atoms with E-state index in [4.69, 9.17) is 0 Å². The van der Waals surface area contributed by atoms with Crippen molar-refractivity contribution in [3.63, 3.8) is 0 Å². The van der Waals surface area contributed by atoms with Crippen molar-refractivity contribution in [1.29, 1.82) is 0 Å². The summed E-state index contributed by atoms with van der Waals surface area (Å²) in [7, 11) is 0. The van der Waals surface area contributed by atoms with Gasteiger partial charge in [-0.05, 0) is 31.5 Å². The van der Waals surface area contributed by atoms with Gasteiger partial charge in [0.1, 0.15) is 4.88 Å². The minimum atomic E-state index is -0.238. The van der Waals surface area contributed by atoms with Gasteiger partial charge in [0.25, 0.3) is 11.5 Å². The van der Waals surface area contributed by atoms with Crippen molar-refractivity contribution in [2.45, 2.75) is 20.3 Å². The number of hydrogen-bond acceptors (Lipinski definition) is 4. The summed E-state index contributed by atoms with van der Waals surface area (Å²) in [5, 5.41) is 6.41. The molecule has 4 aromatic rings. The lowest BCUT2D eigenvalue weighted by atomic mass is 10.1. The van der Waals surface area contributed by atoms with Crippen molar-refractivity contribution in [3.8, 4) is 5.13 Å². The van der Waals surface area contributed by atoms with E-state index in [1.165, 1.54) is 16.0 Å². The number of nitrogens with one attached hydrogen (secondary N) is 2. The van der Waals surface area contributed by atoms with Crippen LogP contribution in [0.1, 0.15) is 32.2 Å². The van der Waals surface area contributed by atoms with Crippen LogP contribution in [0.4, 0.5) is 5.69 Å². The SMILES string of the molecule is Cc1nc(-n2[nH]c(C)c(Cc3ccccc3)c2=O)sc1C(=O)Nc1ccccc1. The first-order valence-corrected chi connectivity index (χ1v) is 10.0. The largest absolute Gasteiger partial charge is 0.321 e. The van der Waals surface area contributed by atoms with Gasteiger partial charge in [0.05, 0.1) is 5.69 Å². The molecule has 2 aromatic carbocycles. The van der Waals surface area contributed by atoms with Crippen molar-refractivity contribution in [1.82, 2.24) is 14.8 Å². The van der Waals surface area contributed by atoms with Crippen LogP contribution in [0.3, 0.4) is 0 Å². The molecule has 0 aliphatic heterocycles. The first kappa shape index (κ1) is 18.9. The fourth-order valence-electron chi connectivity index (χ4n) is 3.12. The highest BCUT2D eigenvalue weighted by Crippen LogP contribution is 2.22. The number of carbonyl (C=O) groups excluding carboxylic acids is 1. The highest BCUT2D eigenvalue weighted by atomic mass is 32.1. The predicted octanol–water partition coefficient (Wildman–Crippen LogP) is 4.08. The quantitative estimate of drug-likeness (QED) is 0.526. The third-order valence-electron chi connectivity index (χ3n) is 4.63. The Morgan fingerprint density at radius 3 is 2.41 bits per heavy atom. The first-order valence-electron chi connectivity index (χ1n) is 9.21. The lowest BCUT2D eigenvalue weighted by Gasteiger charge is -2.02. The average molecular weight is 404 g/mol. The van der Waals surface area contributed by atoms with E-state index in [1.54, 1.807) is 6.92 Å². The Morgan fingerprint density at radius 1 is 1.07 bits per heavy atom. The maximum absolute atomic E-state index is 13.0. The van der Waals surface area contributed by atoms with Crippen molar-refractivity contribution in [3.05, 3.63) is 98.4 Å². The molecule has 29 heavy (non-hydrogen) atoms. The molecule has 0 spiro atoms. The predicted molar refractivity (Wildman–Crippen MR) is 115 cm³/mol. The third-order valence-corrected chi connectivity index (χ3v) is 5.77. The Bertz CT molecular complexity index is 1210. The molecule has 0 saturated heterocycles. The van der Waals surface area contributed by atoms with Crippen LogP contribution in [-0.4, -0.2) is 20.7 Å². The normalized spacial score (nSPS) is 10.8. The van der Waals surface area contributed by atoms with Crippen LogP contribution < -0.4 is 10.9 Å². The first-order chi connectivity index (χ1) is 14.0. The number of nitrogens with zero attached hydrogens (tertiary/aromatic N) is 2. The number of aryl methyl sites for hydroxylation is 2. The van der Waals surface area contributed by atoms with Gasteiger partial charge in [-0.25, -0.2) is 4.98 Å². The second kappa shape index (κ2) is 7.89. The van der Waals surface area contributed by atoms with E-state index in [2.05, 4.69) is 15.4 Å². The minimum absolute atomic E-state index is 0.143. The molecular formula is C22H20N4O2S. The van der Waals surface area contributed by atoms with Gasteiger partial charge in [-0.3, -0.25) is 14.7 Å². The summed E-state index contributed by atoms with van der Waals surface area (Å²) in [6, 6.07) is 19.1. The van der Waals surface area contributed by atoms with Crippen LogP contribution >= 0.6 is 11.3 Å². The van der Waals surface area contributed by atoms with Gasteiger partial charge in [-0.1, -0.05) is 59.9 Å². The summed E-state index contributed by atoms with van der Waals surface area (Å²) in [5.41, 5.74) is 3.71. The van der Waals surface area contributed by atoms with Gasteiger partial charge >= 0.3 is 0 Å². The number of aromatic nitrogens is 3. The highest BCUT2D eigenvalue weighted by molar-refractivity contribution is 7.16. The summed E-state index contributed by atoms with van der Waals surface area (Å²) in [5.74, 6) is -0.238. The van der Waals surface area contributed by atoms with Crippen LogP contribution in [0.15, 0.2) is 65.5 Å². The Morgan fingerprint density at radius 2 is 1.72 bits per heavy atom. The fourth-order valence-corrected chi connectivity index (χ4v) is 4.04. The molecule has 0 atom stereocenters. The molecule has 2 heterocycles. The molecule has 4 rings (SSSR count). The highest BCUT2D eigenvalue weighted by Gasteiger charge is 2.20. The smallest absolute Gasteiger partial charge is 0.277 e. The maximum atomic E-state index is 13.0. The lowest BCUT2D eigenvalue weighted by molar-refractivity contribution is 0.103. The summed E-state index contributed by atoms with van der Waals surface area (Å²) >= 11 is 1.19. The van der Waals surface area contributed by atoms with E-state index in [9.17, 15) is 9.59 Å². The zero-order chi connectivity index (χ0) is 20.4. The maximum Gasteiger partial charge on any atom is 0.277 e. The number of H-pyrrole nitrogens is 1. The van der Waals surface area contributed by atoms with Crippen molar-refractivity contribution in [2.24, 2.45) is 0 Å². The summed E-state index contributed by atoms with van der Waals surface area (Å²) in [6.45, 7) is 3.64. The molecule has 0 unspecified atom stereocenters. The number of hydrogen-bond donors (Lipinski definition) is 2. The van der Waals surface area contributed by atoms with Gasteiger partial charge in [-0.15, -0.1) is 0 Å². The van der Waals surface area contributed by atoms with Gasteiger partial charge in [0, 0.05) is 23.4 Å². The zero-order valence-electron chi connectivity index (χ0n) is 16.1. The lowest BCUT2D eigenvalue weighted by Crippen LogP contribution is -2.17. The van der Waals surface area contributed by atoms with E-state index in [0.29, 0.717) is 33.4 Å². The number of carbonyl (C=O) groups is 1. The number of thiazole rings is 1. The number of aromatic amines is 1. The second-order valence-electron chi connectivity index (χ2n) is 6.75. The topological polar surface area (TPSA) is 79.8 Å². The van der Waals surface area contributed by atoms with Crippen LogP contribution in [0.25, 0.3) is 5.13 Å². The number of para-hydroxylation sites is 1. The van der Waals surface area contributed by atoms with Crippen molar-refractivity contribution in [2.75, 3.05) is 5.32 Å². The van der Waals surface area contributed by atoms with E-state index in [-0.39, 0.29) is 11.5 Å². The zero-order valence-corrected chi connectivity index (χ0v) is 16.9. The molecule has 0 fully saturated rings.